The molecule has 1 atom stereocenters. The quantitative estimate of drug-likeness (QED) is 0.733. The van der Waals surface area contributed by atoms with Gasteiger partial charge >= 0.3 is 0 Å². The molecular formula is C17H25NO2. The van der Waals surface area contributed by atoms with Crippen LogP contribution in [0.3, 0.4) is 0 Å². The van der Waals surface area contributed by atoms with E-state index in [0.29, 0.717) is 0 Å². The van der Waals surface area contributed by atoms with Crippen LogP contribution in [0.2, 0.25) is 0 Å². The minimum absolute atomic E-state index is 0.226. The summed E-state index contributed by atoms with van der Waals surface area (Å²) in [7, 11) is 0. The molecule has 0 fully saturated rings. The zero-order valence-corrected chi connectivity index (χ0v) is 12.7. The predicted molar refractivity (Wildman–Crippen MR) is 83.1 cm³/mol. The van der Waals surface area contributed by atoms with Gasteiger partial charge in [-0.05, 0) is 37.9 Å². The van der Waals surface area contributed by atoms with E-state index in [9.17, 15) is 0 Å². The molecule has 0 bridgehead atoms. The van der Waals surface area contributed by atoms with Crippen molar-refractivity contribution >= 4 is 11.0 Å². The number of fused-ring (bicyclic) bond motifs is 1. The van der Waals surface area contributed by atoms with Crippen LogP contribution in [0, 0.1) is 6.92 Å². The summed E-state index contributed by atoms with van der Waals surface area (Å²) < 4.78 is 11.6. The molecule has 1 unspecified atom stereocenters. The van der Waals surface area contributed by atoms with Crippen molar-refractivity contribution in [2.24, 2.45) is 0 Å². The van der Waals surface area contributed by atoms with Gasteiger partial charge in [-0.1, -0.05) is 32.0 Å². The Bertz CT molecular complexity index is 533. The first-order valence-electron chi connectivity index (χ1n) is 7.56. The van der Waals surface area contributed by atoms with Gasteiger partial charge in [-0.2, -0.15) is 0 Å². The highest BCUT2D eigenvalue weighted by Gasteiger charge is 2.16. The van der Waals surface area contributed by atoms with Crippen molar-refractivity contribution in [1.82, 2.24) is 5.32 Å². The molecule has 2 rings (SSSR count). The van der Waals surface area contributed by atoms with Crippen molar-refractivity contribution in [2.45, 2.75) is 39.7 Å². The minimum atomic E-state index is 0.226. The minimum Gasteiger partial charge on any atom is -0.459 e. The maximum absolute atomic E-state index is 6.05. The monoisotopic (exact) mass is 275 g/mol. The van der Waals surface area contributed by atoms with Gasteiger partial charge in [0.2, 0.25) is 0 Å². The average molecular weight is 275 g/mol. The average Bonchev–Trinajstić information content (AvgIpc) is 2.88. The molecule has 0 spiro atoms. The SMILES string of the molecule is CCCOCCC(NCC)c1cc2cccc(C)c2o1. The molecule has 0 saturated carbocycles. The molecule has 3 nitrogen and oxygen atoms in total. The summed E-state index contributed by atoms with van der Waals surface area (Å²) in [5, 5.41) is 4.66. The van der Waals surface area contributed by atoms with Crippen LogP contribution in [0.25, 0.3) is 11.0 Å². The predicted octanol–water partition coefficient (Wildman–Crippen LogP) is 4.21. The van der Waals surface area contributed by atoms with E-state index in [-0.39, 0.29) is 6.04 Å². The molecule has 0 radical (unpaired) electrons. The molecule has 110 valence electrons. The van der Waals surface area contributed by atoms with Crippen LogP contribution in [0.15, 0.2) is 28.7 Å². The van der Waals surface area contributed by atoms with Crippen LogP contribution in [-0.2, 0) is 4.74 Å². The topological polar surface area (TPSA) is 34.4 Å². The fourth-order valence-electron chi connectivity index (χ4n) is 2.44. The van der Waals surface area contributed by atoms with Crippen molar-refractivity contribution in [1.29, 1.82) is 0 Å². The maximum Gasteiger partial charge on any atom is 0.137 e. The summed E-state index contributed by atoms with van der Waals surface area (Å²) in [5.41, 5.74) is 2.19. The number of nitrogens with one attached hydrogen (secondary N) is 1. The van der Waals surface area contributed by atoms with Crippen molar-refractivity contribution in [3.63, 3.8) is 0 Å². The Hall–Kier alpha value is -1.32. The summed E-state index contributed by atoms with van der Waals surface area (Å²) in [4.78, 5) is 0. The van der Waals surface area contributed by atoms with E-state index in [1.165, 1.54) is 10.9 Å². The third-order valence-corrected chi connectivity index (χ3v) is 3.45. The van der Waals surface area contributed by atoms with Gasteiger partial charge in [0.15, 0.2) is 0 Å². The lowest BCUT2D eigenvalue weighted by atomic mass is 10.1. The Morgan fingerprint density at radius 3 is 2.80 bits per heavy atom. The molecule has 1 aromatic heterocycles. The normalized spacial score (nSPS) is 12.9. The summed E-state index contributed by atoms with van der Waals surface area (Å²) in [6.45, 7) is 8.86. The molecule has 20 heavy (non-hydrogen) atoms. The van der Waals surface area contributed by atoms with Gasteiger partial charge < -0.3 is 14.5 Å². The lowest BCUT2D eigenvalue weighted by molar-refractivity contribution is 0.122. The number of rotatable bonds is 8. The van der Waals surface area contributed by atoms with E-state index in [1.54, 1.807) is 0 Å². The van der Waals surface area contributed by atoms with Gasteiger partial charge in [0.25, 0.3) is 0 Å². The zero-order chi connectivity index (χ0) is 14.4. The van der Waals surface area contributed by atoms with Gasteiger partial charge in [-0.25, -0.2) is 0 Å². The Balaban J connectivity index is 2.12. The zero-order valence-electron chi connectivity index (χ0n) is 12.7. The molecular weight excluding hydrogens is 250 g/mol. The second-order valence-electron chi connectivity index (χ2n) is 5.15. The van der Waals surface area contributed by atoms with Gasteiger partial charge in [-0.15, -0.1) is 0 Å². The van der Waals surface area contributed by atoms with Crippen LogP contribution in [0.4, 0.5) is 0 Å². The second kappa shape index (κ2) is 7.46. The van der Waals surface area contributed by atoms with E-state index < -0.39 is 0 Å². The molecule has 0 aliphatic heterocycles. The molecule has 1 N–H and O–H groups in total. The second-order valence-corrected chi connectivity index (χ2v) is 5.15. The standard InChI is InChI=1S/C17H25NO2/c1-4-10-19-11-9-15(18-5-2)16-12-14-8-6-7-13(3)17(14)20-16/h6-8,12,15,18H,4-5,9-11H2,1-3H3. The lowest BCUT2D eigenvalue weighted by Crippen LogP contribution is -2.22. The number of aryl methyl sites for hydroxylation is 1. The van der Waals surface area contributed by atoms with Gasteiger partial charge in [0.1, 0.15) is 11.3 Å². The third kappa shape index (κ3) is 3.62. The van der Waals surface area contributed by atoms with Gasteiger partial charge in [0, 0.05) is 18.6 Å². The van der Waals surface area contributed by atoms with Crippen LogP contribution >= 0.6 is 0 Å². The van der Waals surface area contributed by atoms with Crippen LogP contribution in [0.1, 0.15) is 44.1 Å². The maximum atomic E-state index is 6.05. The number of benzene rings is 1. The first-order valence-corrected chi connectivity index (χ1v) is 7.56. The van der Waals surface area contributed by atoms with E-state index >= 15 is 0 Å². The fourth-order valence-corrected chi connectivity index (χ4v) is 2.44. The Labute approximate surface area is 121 Å². The molecule has 1 aromatic carbocycles. The number of para-hydroxylation sites is 1. The molecule has 0 amide bonds. The van der Waals surface area contributed by atoms with Crippen LogP contribution < -0.4 is 5.32 Å². The van der Waals surface area contributed by atoms with Crippen LogP contribution in [-0.4, -0.2) is 19.8 Å². The number of furan rings is 1. The summed E-state index contributed by atoms with van der Waals surface area (Å²) in [6.07, 6.45) is 2.00. The summed E-state index contributed by atoms with van der Waals surface area (Å²) >= 11 is 0. The van der Waals surface area contributed by atoms with E-state index in [0.717, 1.165) is 43.9 Å². The molecule has 3 heteroatoms. The first-order chi connectivity index (χ1) is 9.76. The Morgan fingerprint density at radius 1 is 1.25 bits per heavy atom. The largest absolute Gasteiger partial charge is 0.459 e. The number of ether oxygens (including phenoxy) is 1. The molecule has 0 saturated heterocycles. The van der Waals surface area contributed by atoms with Crippen LogP contribution in [0.5, 0.6) is 0 Å². The van der Waals surface area contributed by atoms with E-state index in [1.807, 2.05) is 0 Å². The van der Waals surface area contributed by atoms with Gasteiger partial charge in [0.05, 0.1) is 6.04 Å². The smallest absolute Gasteiger partial charge is 0.137 e. The van der Waals surface area contributed by atoms with E-state index in [4.69, 9.17) is 9.15 Å². The Kier molecular flexibility index (Phi) is 5.62. The summed E-state index contributed by atoms with van der Waals surface area (Å²) in [6, 6.07) is 8.64. The molecule has 0 aliphatic carbocycles. The summed E-state index contributed by atoms with van der Waals surface area (Å²) in [5.74, 6) is 1.01. The Morgan fingerprint density at radius 2 is 2.10 bits per heavy atom. The van der Waals surface area contributed by atoms with Gasteiger partial charge in [-0.3, -0.25) is 0 Å². The number of hydrogen-bond acceptors (Lipinski definition) is 3. The molecule has 0 aliphatic rings. The third-order valence-electron chi connectivity index (χ3n) is 3.45. The van der Waals surface area contributed by atoms with Crippen molar-refractivity contribution < 1.29 is 9.15 Å². The molecule has 1 heterocycles. The van der Waals surface area contributed by atoms with Crippen molar-refractivity contribution in [3.8, 4) is 0 Å². The fraction of sp³-hybridized carbons (Fsp3) is 0.529. The highest BCUT2D eigenvalue weighted by Crippen LogP contribution is 2.27. The first kappa shape index (κ1) is 15.1. The van der Waals surface area contributed by atoms with Crippen molar-refractivity contribution in [2.75, 3.05) is 19.8 Å². The highest BCUT2D eigenvalue weighted by atomic mass is 16.5. The number of hydrogen-bond donors (Lipinski definition) is 1. The van der Waals surface area contributed by atoms with E-state index in [2.05, 4.69) is 50.4 Å². The lowest BCUT2D eigenvalue weighted by Gasteiger charge is -2.15. The molecule has 2 aromatic rings. The highest BCUT2D eigenvalue weighted by molar-refractivity contribution is 5.80. The van der Waals surface area contributed by atoms with Crippen molar-refractivity contribution in [3.05, 3.63) is 35.6 Å².